The predicted octanol–water partition coefficient (Wildman–Crippen LogP) is 1.50. The van der Waals surface area contributed by atoms with E-state index >= 15 is 0 Å². The van der Waals surface area contributed by atoms with Crippen LogP contribution in [0.3, 0.4) is 0 Å². The van der Waals surface area contributed by atoms with Gasteiger partial charge < -0.3 is 15.1 Å². The monoisotopic (exact) mass is 241 g/mol. The highest BCUT2D eigenvalue weighted by Gasteiger charge is 2.24. The van der Waals surface area contributed by atoms with Crippen molar-refractivity contribution in [2.75, 3.05) is 46.8 Å². The first-order valence-electron chi connectivity index (χ1n) is 7.08. The molecule has 0 aromatic carbocycles. The zero-order chi connectivity index (χ0) is 12.8. The fraction of sp³-hybridized carbons (Fsp3) is 1.00. The molecule has 1 rings (SSSR count). The van der Waals surface area contributed by atoms with Gasteiger partial charge in [0.15, 0.2) is 0 Å². The molecule has 1 heterocycles. The fourth-order valence-corrected chi connectivity index (χ4v) is 2.52. The molecule has 2 atom stereocenters. The van der Waals surface area contributed by atoms with Crippen LogP contribution >= 0.6 is 0 Å². The first kappa shape index (κ1) is 14.9. The van der Waals surface area contributed by atoms with Gasteiger partial charge in [0.2, 0.25) is 0 Å². The van der Waals surface area contributed by atoms with Gasteiger partial charge in [-0.05, 0) is 52.0 Å². The van der Waals surface area contributed by atoms with E-state index in [2.05, 4.69) is 50.0 Å². The van der Waals surface area contributed by atoms with Crippen LogP contribution in [0.1, 0.15) is 27.2 Å². The molecule has 0 radical (unpaired) electrons. The van der Waals surface area contributed by atoms with Gasteiger partial charge in [-0.2, -0.15) is 0 Å². The number of hydrogen-bond acceptors (Lipinski definition) is 3. The summed E-state index contributed by atoms with van der Waals surface area (Å²) < 4.78 is 0. The molecule has 0 spiro atoms. The van der Waals surface area contributed by atoms with Gasteiger partial charge in [0.1, 0.15) is 0 Å². The molecule has 102 valence electrons. The Morgan fingerprint density at radius 2 is 1.94 bits per heavy atom. The lowest BCUT2D eigenvalue weighted by atomic mass is 10.1. The zero-order valence-corrected chi connectivity index (χ0v) is 12.4. The van der Waals surface area contributed by atoms with Gasteiger partial charge in [-0.1, -0.05) is 20.8 Å². The summed E-state index contributed by atoms with van der Waals surface area (Å²) in [6, 6.07) is 0.769. The number of nitrogens with one attached hydrogen (secondary N) is 1. The van der Waals surface area contributed by atoms with Crippen LogP contribution in [-0.2, 0) is 0 Å². The van der Waals surface area contributed by atoms with Crippen molar-refractivity contribution in [3.05, 3.63) is 0 Å². The van der Waals surface area contributed by atoms with Crippen LogP contribution in [0.15, 0.2) is 0 Å². The van der Waals surface area contributed by atoms with E-state index in [9.17, 15) is 0 Å². The average molecular weight is 241 g/mol. The van der Waals surface area contributed by atoms with E-state index in [-0.39, 0.29) is 0 Å². The first-order chi connectivity index (χ1) is 7.99. The molecule has 1 fully saturated rings. The summed E-state index contributed by atoms with van der Waals surface area (Å²) in [7, 11) is 4.39. The van der Waals surface area contributed by atoms with Crippen LogP contribution in [0.5, 0.6) is 0 Å². The van der Waals surface area contributed by atoms with Gasteiger partial charge in [0.05, 0.1) is 0 Å². The largest absolute Gasteiger partial charge is 0.316 e. The number of rotatable bonds is 7. The van der Waals surface area contributed by atoms with E-state index in [4.69, 9.17) is 0 Å². The van der Waals surface area contributed by atoms with Crippen molar-refractivity contribution in [1.82, 2.24) is 15.1 Å². The van der Waals surface area contributed by atoms with E-state index in [1.807, 2.05) is 0 Å². The van der Waals surface area contributed by atoms with Gasteiger partial charge in [-0.15, -0.1) is 0 Å². The quantitative estimate of drug-likeness (QED) is 0.729. The van der Waals surface area contributed by atoms with E-state index in [1.54, 1.807) is 0 Å². The SMILES string of the molecule is CC(C)CNCC(C)CN1CCC(N(C)C)C1. The maximum Gasteiger partial charge on any atom is 0.0229 e. The van der Waals surface area contributed by atoms with Crippen molar-refractivity contribution in [3.63, 3.8) is 0 Å². The Balaban J connectivity index is 2.13. The Labute approximate surface area is 108 Å². The molecule has 17 heavy (non-hydrogen) atoms. The lowest BCUT2D eigenvalue weighted by Gasteiger charge is -2.23. The van der Waals surface area contributed by atoms with Crippen LogP contribution in [0.25, 0.3) is 0 Å². The third kappa shape index (κ3) is 5.84. The van der Waals surface area contributed by atoms with Gasteiger partial charge in [0.25, 0.3) is 0 Å². The smallest absolute Gasteiger partial charge is 0.0229 e. The third-order valence-electron chi connectivity index (χ3n) is 3.59. The lowest BCUT2D eigenvalue weighted by molar-refractivity contribution is 0.244. The standard InChI is InChI=1S/C14H31N3/c1-12(2)8-15-9-13(3)10-17-7-6-14(11-17)16(4)5/h12-15H,6-11H2,1-5H3. The molecule has 3 heteroatoms. The molecule has 1 aliphatic heterocycles. The van der Waals surface area contributed by atoms with Crippen molar-refractivity contribution in [3.8, 4) is 0 Å². The summed E-state index contributed by atoms with van der Waals surface area (Å²) in [5.74, 6) is 1.52. The maximum absolute atomic E-state index is 3.56. The second-order valence-corrected chi connectivity index (χ2v) is 6.32. The topological polar surface area (TPSA) is 18.5 Å². The Hall–Kier alpha value is -0.120. The summed E-state index contributed by atoms with van der Waals surface area (Å²) in [6.07, 6.45) is 1.33. The van der Waals surface area contributed by atoms with Crippen LogP contribution in [0, 0.1) is 11.8 Å². The second-order valence-electron chi connectivity index (χ2n) is 6.32. The second kappa shape index (κ2) is 7.34. The van der Waals surface area contributed by atoms with Crippen molar-refractivity contribution in [2.24, 2.45) is 11.8 Å². The lowest BCUT2D eigenvalue weighted by Crippen LogP contribution is -2.36. The minimum atomic E-state index is 0.757. The van der Waals surface area contributed by atoms with E-state index in [1.165, 1.54) is 26.1 Å². The molecule has 0 aromatic rings. The molecule has 1 aliphatic rings. The van der Waals surface area contributed by atoms with Gasteiger partial charge in [-0.25, -0.2) is 0 Å². The molecular weight excluding hydrogens is 210 g/mol. The molecule has 2 unspecified atom stereocenters. The van der Waals surface area contributed by atoms with Crippen molar-refractivity contribution in [2.45, 2.75) is 33.2 Å². The number of likely N-dealkylation sites (tertiary alicyclic amines) is 1. The maximum atomic E-state index is 3.56. The molecule has 0 saturated carbocycles. The Morgan fingerprint density at radius 1 is 1.24 bits per heavy atom. The summed E-state index contributed by atoms with van der Waals surface area (Å²) in [5, 5.41) is 3.56. The normalized spacial score (nSPS) is 23.8. The van der Waals surface area contributed by atoms with Crippen molar-refractivity contribution in [1.29, 1.82) is 0 Å². The molecule has 1 saturated heterocycles. The molecular formula is C14H31N3. The summed E-state index contributed by atoms with van der Waals surface area (Å²) >= 11 is 0. The molecule has 0 amide bonds. The number of likely N-dealkylation sites (N-methyl/N-ethyl adjacent to an activating group) is 1. The Morgan fingerprint density at radius 3 is 2.47 bits per heavy atom. The summed E-state index contributed by atoms with van der Waals surface area (Å²) in [6.45, 7) is 13.0. The van der Waals surface area contributed by atoms with Crippen molar-refractivity contribution >= 4 is 0 Å². The summed E-state index contributed by atoms with van der Waals surface area (Å²) in [4.78, 5) is 4.98. The Kier molecular flexibility index (Phi) is 6.45. The number of hydrogen-bond donors (Lipinski definition) is 1. The predicted molar refractivity (Wildman–Crippen MR) is 75.4 cm³/mol. The minimum absolute atomic E-state index is 0.757. The molecule has 0 bridgehead atoms. The summed E-state index contributed by atoms with van der Waals surface area (Å²) in [5.41, 5.74) is 0. The van der Waals surface area contributed by atoms with Gasteiger partial charge >= 0.3 is 0 Å². The molecule has 3 nitrogen and oxygen atoms in total. The first-order valence-corrected chi connectivity index (χ1v) is 7.08. The number of nitrogens with zero attached hydrogens (tertiary/aromatic N) is 2. The highest BCUT2D eigenvalue weighted by Crippen LogP contribution is 2.14. The zero-order valence-electron chi connectivity index (χ0n) is 12.4. The molecule has 1 N–H and O–H groups in total. The van der Waals surface area contributed by atoms with Gasteiger partial charge in [-0.3, -0.25) is 0 Å². The molecule has 0 aliphatic carbocycles. The Bertz CT molecular complexity index is 204. The highest BCUT2D eigenvalue weighted by atomic mass is 15.2. The van der Waals surface area contributed by atoms with Crippen LogP contribution < -0.4 is 5.32 Å². The molecule has 0 aromatic heterocycles. The van der Waals surface area contributed by atoms with Crippen LogP contribution in [0.4, 0.5) is 0 Å². The van der Waals surface area contributed by atoms with E-state index < -0.39 is 0 Å². The average Bonchev–Trinajstić information content (AvgIpc) is 2.65. The highest BCUT2D eigenvalue weighted by molar-refractivity contribution is 4.81. The van der Waals surface area contributed by atoms with E-state index in [0.717, 1.165) is 31.0 Å². The van der Waals surface area contributed by atoms with Crippen LogP contribution in [-0.4, -0.2) is 62.7 Å². The van der Waals surface area contributed by atoms with E-state index in [0.29, 0.717) is 0 Å². The van der Waals surface area contributed by atoms with Crippen molar-refractivity contribution < 1.29 is 0 Å². The minimum Gasteiger partial charge on any atom is -0.316 e. The van der Waals surface area contributed by atoms with Crippen LogP contribution in [0.2, 0.25) is 0 Å². The third-order valence-corrected chi connectivity index (χ3v) is 3.59. The van der Waals surface area contributed by atoms with Gasteiger partial charge in [0, 0.05) is 19.1 Å². The fourth-order valence-electron chi connectivity index (χ4n) is 2.52.